The Kier molecular flexibility index (Phi) is 3.86. The molecule has 0 aromatic heterocycles. The van der Waals surface area contributed by atoms with Crippen molar-refractivity contribution in [2.24, 2.45) is 11.3 Å². The highest BCUT2D eigenvalue weighted by Gasteiger charge is 2.44. The van der Waals surface area contributed by atoms with Gasteiger partial charge in [0.15, 0.2) is 0 Å². The number of aryl methyl sites for hydroxylation is 1. The molecule has 1 aromatic rings. The summed E-state index contributed by atoms with van der Waals surface area (Å²) in [5.41, 5.74) is 1.90. The highest BCUT2D eigenvalue weighted by Crippen LogP contribution is 2.51. The third-order valence-corrected chi connectivity index (χ3v) is 5.61. The fourth-order valence-corrected chi connectivity index (χ4v) is 3.82. The van der Waals surface area contributed by atoms with E-state index >= 15 is 0 Å². The molecule has 2 fully saturated rings. The lowest BCUT2D eigenvalue weighted by molar-refractivity contribution is -0.00205. The monoisotopic (exact) mass is 323 g/mol. The molecule has 1 aliphatic heterocycles. The van der Waals surface area contributed by atoms with E-state index in [9.17, 15) is 0 Å². The molecule has 0 unspecified atom stereocenters. The van der Waals surface area contributed by atoms with Crippen molar-refractivity contribution in [3.63, 3.8) is 0 Å². The first kappa shape index (κ1) is 13.4. The van der Waals surface area contributed by atoms with E-state index in [-0.39, 0.29) is 0 Å². The number of hydrogen-bond acceptors (Lipinski definition) is 2. The number of ether oxygens (including phenoxy) is 1. The smallest absolute Gasteiger partial charge is 0.119 e. The molecule has 1 aliphatic carbocycles. The molecule has 1 heterocycles. The molecule has 1 saturated carbocycles. The maximum Gasteiger partial charge on any atom is 0.119 e. The van der Waals surface area contributed by atoms with Crippen LogP contribution in [0.1, 0.15) is 31.2 Å². The van der Waals surface area contributed by atoms with Gasteiger partial charge in [-0.05, 0) is 80.8 Å². The van der Waals surface area contributed by atoms with Gasteiger partial charge >= 0.3 is 0 Å². The topological polar surface area (TPSA) is 21.3 Å². The second-order valence-electron chi connectivity index (χ2n) is 6.25. The zero-order valence-corrected chi connectivity index (χ0v) is 13.1. The van der Waals surface area contributed by atoms with Crippen molar-refractivity contribution < 1.29 is 4.74 Å². The minimum Gasteiger partial charge on any atom is -0.493 e. The van der Waals surface area contributed by atoms with Gasteiger partial charge in [-0.3, -0.25) is 0 Å². The van der Waals surface area contributed by atoms with Crippen molar-refractivity contribution >= 4 is 15.9 Å². The molecule has 0 radical (unpaired) electrons. The third-order valence-electron chi connectivity index (χ3n) is 4.72. The molecular weight excluding hydrogens is 302 g/mol. The van der Waals surface area contributed by atoms with Gasteiger partial charge in [0, 0.05) is 4.47 Å². The Labute approximate surface area is 124 Å². The first-order chi connectivity index (χ1) is 9.17. The molecule has 0 bridgehead atoms. The van der Waals surface area contributed by atoms with Crippen LogP contribution in [0.3, 0.4) is 0 Å². The van der Waals surface area contributed by atoms with Crippen molar-refractivity contribution in [3.05, 3.63) is 28.2 Å². The standard InChI is InChI=1S/C16H22BrNO/c1-12-8-14(2-3-15(12)17)19-11-13-9-16(10-13)4-6-18-7-5-16/h2-3,8,13,18H,4-7,9-11H2,1H3. The van der Waals surface area contributed by atoms with E-state index in [4.69, 9.17) is 4.74 Å². The van der Waals surface area contributed by atoms with Crippen molar-refractivity contribution in [2.75, 3.05) is 19.7 Å². The Morgan fingerprint density at radius 2 is 2.05 bits per heavy atom. The van der Waals surface area contributed by atoms with Gasteiger partial charge in [0.25, 0.3) is 0 Å². The number of nitrogens with one attached hydrogen (secondary N) is 1. The summed E-state index contributed by atoms with van der Waals surface area (Å²) >= 11 is 3.52. The van der Waals surface area contributed by atoms with E-state index in [0.717, 1.165) is 22.7 Å². The molecule has 0 atom stereocenters. The maximum atomic E-state index is 5.94. The normalized spacial score (nSPS) is 22.2. The molecule has 2 aliphatic rings. The molecule has 1 spiro atoms. The lowest BCUT2D eigenvalue weighted by Gasteiger charge is -2.50. The van der Waals surface area contributed by atoms with Crippen LogP contribution in [0.5, 0.6) is 5.75 Å². The minimum atomic E-state index is 0.662. The van der Waals surface area contributed by atoms with Gasteiger partial charge in [0.05, 0.1) is 6.61 Å². The minimum absolute atomic E-state index is 0.662. The summed E-state index contributed by atoms with van der Waals surface area (Å²) in [6.45, 7) is 5.40. The van der Waals surface area contributed by atoms with Crippen molar-refractivity contribution in [2.45, 2.75) is 32.6 Å². The number of halogens is 1. The fraction of sp³-hybridized carbons (Fsp3) is 0.625. The number of hydrogen-bond donors (Lipinski definition) is 1. The van der Waals surface area contributed by atoms with Crippen molar-refractivity contribution in [1.82, 2.24) is 5.32 Å². The third kappa shape index (κ3) is 2.97. The lowest BCUT2D eigenvalue weighted by atomic mass is 9.58. The van der Waals surface area contributed by atoms with E-state index in [0.29, 0.717) is 5.41 Å². The van der Waals surface area contributed by atoms with Gasteiger partial charge in [0.2, 0.25) is 0 Å². The summed E-state index contributed by atoms with van der Waals surface area (Å²) in [7, 11) is 0. The van der Waals surface area contributed by atoms with Crippen LogP contribution in [0.4, 0.5) is 0 Å². The van der Waals surface area contributed by atoms with Gasteiger partial charge in [-0.15, -0.1) is 0 Å². The zero-order chi connectivity index (χ0) is 13.3. The van der Waals surface area contributed by atoms with E-state index in [1.807, 2.05) is 0 Å². The van der Waals surface area contributed by atoms with Gasteiger partial charge < -0.3 is 10.1 Å². The summed E-state index contributed by atoms with van der Waals surface area (Å²) in [5, 5.41) is 3.46. The van der Waals surface area contributed by atoms with Gasteiger partial charge in [-0.25, -0.2) is 0 Å². The number of rotatable bonds is 3. The average molecular weight is 324 g/mol. The Morgan fingerprint density at radius 1 is 1.32 bits per heavy atom. The second kappa shape index (κ2) is 5.45. The Morgan fingerprint density at radius 3 is 2.74 bits per heavy atom. The van der Waals surface area contributed by atoms with Crippen LogP contribution in [0, 0.1) is 18.3 Å². The Bertz CT molecular complexity index is 446. The van der Waals surface area contributed by atoms with Crippen molar-refractivity contribution in [1.29, 1.82) is 0 Å². The number of piperidine rings is 1. The highest BCUT2D eigenvalue weighted by atomic mass is 79.9. The van der Waals surface area contributed by atoms with Crippen LogP contribution in [-0.2, 0) is 0 Å². The van der Waals surface area contributed by atoms with Crippen LogP contribution in [0.25, 0.3) is 0 Å². The summed E-state index contributed by atoms with van der Waals surface area (Å²) < 4.78 is 7.09. The Hall–Kier alpha value is -0.540. The highest BCUT2D eigenvalue weighted by molar-refractivity contribution is 9.10. The summed E-state index contributed by atoms with van der Waals surface area (Å²) in [4.78, 5) is 0. The summed E-state index contributed by atoms with van der Waals surface area (Å²) in [5.74, 6) is 1.77. The SMILES string of the molecule is Cc1cc(OCC2CC3(CCNCC3)C2)ccc1Br. The van der Waals surface area contributed by atoms with E-state index in [1.54, 1.807) is 0 Å². The van der Waals surface area contributed by atoms with Crippen LogP contribution in [-0.4, -0.2) is 19.7 Å². The molecule has 1 saturated heterocycles. The van der Waals surface area contributed by atoms with Crippen LogP contribution < -0.4 is 10.1 Å². The molecule has 3 rings (SSSR count). The van der Waals surface area contributed by atoms with E-state index < -0.39 is 0 Å². The molecule has 1 aromatic carbocycles. The summed E-state index contributed by atoms with van der Waals surface area (Å²) in [6, 6.07) is 6.23. The molecule has 19 heavy (non-hydrogen) atoms. The molecule has 2 nitrogen and oxygen atoms in total. The molecule has 3 heteroatoms. The number of benzene rings is 1. The van der Waals surface area contributed by atoms with Gasteiger partial charge in [0.1, 0.15) is 5.75 Å². The largest absolute Gasteiger partial charge is 0.493 e. The second-order valence-corrected chi connectivity index (χ2v) is 7.10. The predicted octanol–water partition coefficient (Wildman–Crippen LogP) is 3.92. The fourth-order valence-electron chi connectivity index (χ4n) is 3.57. The summed E-state index contributed by atoms with van der Waals surface area (Å²) in [6.07, 6.45) is 5.45. The van der Waals surface area contributed by atoms with Gasteiger partial charge in [-0.2, -0.15) is 0 Å². The molecule has 104 valence electrons. The van der Waals surface area contributed by atoms with Crippen molar-refractivity contribution in [3.8, 4) is 5.75 Å². The van der Waals surface area contributed by atoms with Crippen LogP contribution in [0.15, 0.2) is 22.7 Å². The average Bonchev–Trinajstić information content (AvgIpc) is 2.39. The van der Waals surface area contributed by atoms with Gasteiger partial charge in [-0.1, -0.05) is 15.9 Å². The quantitative estimate of drug-likeness (QED) is 0.910. The molecule has 1 N–H and O–H groups in total. The maximum absolute atomic E-state index is 5.94. The molecule has 0 amide bonds. The predicted molar refractivity (Wildman–Crippen MR) is 81.6 cm³/mol. The first-order valence-electron chi connectivity index (χ1n) is 7.27. The Balaban J connectivity index is 1.47. The lowest BCUT2D eigenvalue weighted by Crippen LogP contribution is -2.46. The van der Waals surface area contributed by atoms with Crippen LogP contribution >= 0.6 is 15.9 Å². The van der Waals surface area contributed by atoms with E-state index in [1.165, 1.54) is 44.3 Å². The molecular formula is C16H22BrNO. The zero-order valence-electron chi connectivity index (χ0n) is 11.5. The van der Waals surface area contributed by atoms with E-state index in [2.05, 4.69) is 46.4 Å². The first-order valence-corrected chi connectivity index (χ1v) is 8.06. The van der Waals surface area contributed by atoms with Crippen LogP contribution in [0.2, 0.25) is 0 Å².